The van der Waals surface area contributed by atoms with Gasteiger partial charge in [0.25, 0.3) is 5.91 Å². The molecule has 0 aromatic carbocycles. The lowest BCUT2D eigenvalue weighted by Gasteiger charge is -2.36. The normalized spacial score (nSPS) is 25.0. The van der Waals surface area contributed by atoms with Crippen LogP contribution in [0.25, 0.3) is 0 Å². The van der Waals surface area contributed by atoms with E-state index in [1.165, 1.54) is 6.33 Å². The van der Waals surface area contributed by atoms with E-state index in [1.54, 1.807) is 6.20 Å². The molecule has 8 heteroatoms. The van der Waals surface area contributed by atoms with Crippen molar-refractivity contribution in [2.45, 2.75) is 50.6 Å². The molecule has 4 heterocycles. The van der Waals surface area contributed by atoms with Gasteiger partial charge in [-0.25, -0.2) is 15.0 Å². The number of hydrogen-bond acceptors (Lipinski definition) is 6. The average Bonchev–Trinajstić information content (AvgIpc) is 3.54. The summed E-state index contributed by atoms with van der Waals surface area (Å²) < 4.78 is 0. The van der Waals surface area contributed by atoms with E-state index in [0.717, 1.165) is 49.0 Å². The van der Waals surface area contributed by atoms with E-state index in [4.69, 9.17) is 0 Å². The van der Waals surface area contributed by atoms with Crippen molar-refractivity contribution in [3.8, 4) is 0 Å². The van der Waals surface area contributed by atoms with E-state index in [0.29, 0.717) is 18.7 Å². The maximum Gasteiger partial charge on any atom is 0.255 e. The Morgan fingerprint density at radius 2 is 1.97 bits per heavy atom. The van der Waals surface area contributed by atoms with Crippen LogP contribution in [0.1, 0.15) is 54.1 Å². The molecule has 0 spiro atoms. The summed E-state index contributed by atoms with van der Waals surface area (Å²) in [6.07, 6.45) is 11.4. The number of anilines is 1. The first-order valence-corrected chi connectivity index (χ1v) is 11.0. The van der Waals surface area contributed by atoms with Gasteiger partial charge in [0.1, 0.15) is 12.1 Å². The van der Waals surface area contributed by atoms with Crippen LogP contribution in [0, 0.1) is 5.92 Å². The first kappa shape index (κ1) is 19.9. The van der Waals surface area contributed by atoms with Crippen LogP contribution in [0.3, 0.4) is 0 Å². The molecule has 2 aromatic heterocycles. The van der Waals surface area contributed by atoms with E-state index in [9.17, 15) is 9.59 Å². The number of hydrogen-bond donors (Lipinski definition) is 1. The third-order valence-corrected chi connectivity index (χ3v) is 6.97. The molecule has 1 N–H and O–H groups in total. The molecule has 1 aliphatic carbocycles. The van der Waals surface area contributed by atoms with Crippen molar-refractivity contribution in [3.63, 3.8) is 0 Å². The Balaban J connectivity index is 1.27. The molecule has 5 rings (SSSR count). The number of carbonyl (C=O) groups excluding carboxylic acids is 2. The number of likely N-dealkylation sites (tertiary alicyclic amines) is 1. The van der Waals surface area contributed by atoms with E-state index in [-0.39, 0.29) is 29.3 Å². The predicted octanol–water partition coefficient (Wildman–Crippen LogP) is 2.23. The first-order valence-electron chi connectivity index (χ1n) is 11.0. The second-order valence-electron chi connectivity index (χ2n) is 9.23. The summed E-state index contributed by atoms with van der Waals surface area (Å²) in [5.41, 5.74) is 2.41. The zero-order valence-corrected chi connectivity index (χ0v) is 18.0. The van der Waals surface area contributed by atoms with Crippen LogP contribution in [0.5, 0.6) is 0 Å². The fourth-order valence-electron chi connectivity index (χ4n) is 4.66. The van der Waals surface area contributed by atoms with Crippen molar-refractivity contribution >= 4 is 17.6 Å². The Morgan fingerprint density at radius 3 is 2.71 bits per heavy atom. The number of carbonyl (C=O) groups is 2. The Morgan fingerprint density at radius 1 is 1.19 bits per heavy atom. The molecule has 0 unspecified atom stereocenters. The highest BCUT2D eigenvalue weighted by molar-refractivity contribution is 5.94. The molecule has 0 bridgehead atoms. The second kappa shape index (κ2) is 7.59. The SMILES string of the molecule is CN(C(=O)C1CC1)[C@H]1CCN(C(=O)c2cnc3c(c2)CC[C@](C)(c2cncnc2)N3)C1. The summed E-state index contributed by atoms with van der Waals surface area (Å²) in [5, 5.41) is 3.52. The third-order valence-electron chi connectivity index (χ3n) is 6.97. The quantitative estimate of drug-likeness (QED) is 0.816. The van der Waals surface area contributed by atoms with Crippen LogP contribution in [-0.2, 0) is 16.8 Å². The van der Waals surface area contributed by atoms with Crippen molar-refractivity contribution in [3.05, 3.63) is 47.7 Å². The van der Waals surface area contributed by atoms with Gasteiger partial charge in [-0.05, 0) is 50.7 Å². The van der Waals surface area contributed by atoms with Crippen LogP contribution >= 0.6 is 0 Å². The van der Waals surface area contributed by atoms with E-state index in [2.05, 4.69) is 27.2 Å². The predicted molar refractivity (Wildman–Crippen MR) is 115 cm³/mol. The molecule has 31 heavy (non-hydrogen) atoms. The Labute approximate surface area is 182 Å². The van der Waals surface area contributed by atoms with Gasteiger partial charge in [-0.2, -0.15) is 0 Å². The third kappa shape index (κ3) is 3.75. The van der Waals surface area contributed by atoms with Gasteiger partial charge in [-0.1, -0.05) is 0 Å². The average molecular weight is 421 g/mol. The van der Waals surface area contributed by atoms with Crippen molar-refractivity contribution in [1.82, 2.24) is 24.8 Å². The smallest absolute Gasteiger partial charge is 0.255 e. The highest BCUT2D eigenvalue weighted by atomic mass is 16.2. The zero-order chi connectivity index (χ0) is 21.6. The molecular weight excluding hydrogens is 392 g/mol. The summed E-state index contributed by atoms with van der Waals surface area (Å²) in [6, 6.07) is 2.07. The van der Waals surface area contributed by atoms with E-state index >= 15 is 0 Å². The summed E-state index contributed by atoms with van der Waals surface area (Å²) in [4.78, 5) is 42.0. The molecule has 0 radical (unpaired) electrons. The molecule has 2 atom stereocenters. The number of likely N-dealkylation sites (N-methyl/N-ethyl adjacent to an activating group) is 1. The lowest BCUT2D eigenvalue weighted by Crippen LogP contribution is -2.41. The number of nitrogens with one attached hydrogen (secondary N) is 1. The molecule has 162 valence electrons. The van der Waals surface area contributed by atoms with Crippen LogP contribution in [-0.4, -0.2) is 62.7 Å². The lowest BCUT2D eigenvalue weighted by atomic mass is 9.84. The molecular formula is C23H28N6O2. The Bertz CT molecular complexity index is 1010. The minimum absolute atomic E-state index is 0.00475. The van der Waals surface area contributed by atoms with E-state index < -0.39 is 0 Å². The van der Waals surface area contributed by atoms with Gasteiger partial charge >= 0.3 is 0 Å². The lowest BCUT2D eigenvalue weighted by molar-refractivity contribution is -0.133. The number of aromatic nitrogens is 3. The van der Waals surface area contributed by atoms with Gasteiger partial charge in [0, 0.05) is 50.2 Å². The zero-order valence-electron chi connectivity index (χ0n) is 18.0. The topological polar surface area (TPSA) is 91.3 Å². The van der Waals surface area contributed by atoms with Crippen molar-refractivity contribution in [1.29, 1.82) is 0 Å². The second-order valence-corrected chi connectivity index (χ2v) is 9.23. The minimum Gasteiger partial charge on any atom is -0.360 e. The Kier molecular flexibility index (Phi) is 4.87. The van der Waals surface area contributed by atoms with Crippen LogP contribution in [0.15, 0.2) is 31.0 Å². The number of nitrogens with zero attached hydrogens (tertiary/aromatic N) is 5. The fourth-order valence-corrected chi connectivity index (χ4v) is 4.66. The molecule has 2 aromatic rings. The van der Waals surface area contributed by atoms with Gasteiger partial charge in [-0.3, -0.25) is 9.59 Å². The molecule has 8 nitrogen and oxygen atoms in total. The number of aryl methyl sites for hydroxylation is 1. The molecule has 2 aliphatic heterocycles. The van der Waals surface area contributed by atoms with Gasteiger partial charge in [0.2, 0.25) is 5.91 Å². The van der Waals surface area contributed by atoms with Crippen LogP contribution in [0.4, 0.5) is 5.82 Å². The summed E-state index contributed by atoms with van der Waals surface area (Å²) in [5.74, 6) is 1.24. The van der Waals surface area contributed by atoms with Crippen molar-refractivity contribution < 1.29 is 9.59 Å². The number of pyridine rings is 1. The Hall–Kier alpha value is -3.03. The molecule has 3 aliphatic rings. The maximum absolute atomic E-state index is 13.1. The molecule has 2 amide bonds. The van der Waals surface area contributed by atoms with Crippen molar-refractivity contribution in [2.24, 2.45) is 5.92 Å². The van der Waals surface area contributed by atoms with Gasteiger partial charge in [0.05, 0.1) is 17.1 Å². The number of rotatable bonds is 4. The largest absolute Gasteiger partial charge is 0.360 e. The summed E-state index contributed by atoms with van der Waals surface area (Å²) >= 11 is 0. The summed E-state index contributed by atoms with van der Waals surface area (Å²) in [7, 11) is 1.88. The van der Waals surface area contributed by atoms with Crippen molar-refractivity contribution in [2.75, 3.05) is 25.5 Å². The monoisotopic (exact) mass is 420 g/mol. The fraction of sp³-hybridized carbons (Fsp3) is 0.522. The van der Waals surface area contributed by atoms with Gasteiger partial charge in [0.15, 0.2) is 0 Å². The first-order chi connectivity index (χ1) is 14.9. The van der Waals surface area contributed by atoms with Crippen LogP contribution < -0.4 is 5.32 Å². The highest BCUT2D eigenvalue weighted by Crippen LogP contribution is 2.36. The minimum atomic E-state index is -0.284. The molecule has 1 saturated carbocycles. The maximum atomic E-state index is 13.1. The number of amides is 2. The highest BCUT2D eigenvalue weighted by Gasteiger charge is 2.38. The van der Waals surface area contributed by atoms with Gasteiger partial charge < -0.3 is 15.1 Å². The van der Waals surface area contributed by atoms with E-state index in [1.807, 2.05) is 35.3 Å². The molecule has 1 saturated heterocycles. The molecule has 2 fully saturated rings. The standard InChI is InChI=1S/C23H28N6O2/c1-23(18-11-24-14-25-12-18)7-5-16-9-17(10-26-20(16)27-23)22(31)29-8-6-19(13-29)28(2)21(30)15-3-4-15/h9-12,14-15,19H,3-8,13H2,1-2H3,(H,26,27)/t19-,23+/m0/s1. The summed E-state index contributed by atoms with van der Waals surface area (Å²) in [6.45, 7) is 3.39. The number of fused-ring (bicyclic) bond motifs is 1. The van der Waals surface area contributed by atoms with Gasteiger partial charge in [-0.15, -0.1) is 0 Å². The van der Waals surface area contributed by atoms with Crippen LogP contribution in [0.2, 0.25) is 0 Å².